The number of urea groups is 1. The van der Waals surface area contributed by atoms with Gasteiger partial charge in [0.05, 0.1) is 4.90 Å². The van der Waals surface area contributed by atoms with Gasteiger partial charge < -0.3 is 5.32 Å². The van der Waals surface area contributed by atoms with Crippen molar-refractivity contribution in [1.29, 1.82) is 0 Å². The highest BCUT2D eigenvalue weighted by atomic mass is 32.2. The summed E-state index contributed by atoms with van der Waals surface area (Å²) < 4.78 is 16.5. The molecule has 2 aliphatic carbocycles. The fourth-order valence-corrected chi connectivity index (χ4v) is 4.56. The van der Waals surface area contributed by atoms with Gasteiger partial charge in [-0.25, -0.2) is 9.18 Å². The lowest BCUT2D eigenvalue weighted by Crippen LogP contribution is -2.24. The van der Waals surface area contributed by atoms with E-state index in [-0.39, 0.29) is 11.8 Å². The van der Waals surface area contributed by atoms with Gasteiger partial charge in [-0.2, -0.15) is 0 Å². The molecule has 0 aliphatic heterocycles. The second-order valence-corrected chi connectivity index (χ2v) is 7.67. The van der Waals surface area contributed by atoms with Crippen LogP contribution in [0.4, 0.5) is 14.9 Å². The Morgan fingerprint density at radius 2 is 1.72 bits per heavy atom. The maximum absolute atomic E-state index is 13.8. The highest BCUT2D eigenvalue weighted by molar-refractivity contribution is 7.98. The van der Waals surface area contributed by atoms with Crippen molar-refractivity contribution in [2.75, 3.05) is 5.32 Å². The molecule has 2 aliphatic rings. The molecule has 0 atom stereocenters. The van der Waals surface area contributed by atoms with Crippen LogP contribution < -0.4 is 10.0 Å². The molecule has 0 heterocycles. The van der Waals surface area contributed by atoms with E-state index in [1.807, 2.05) is 6.92 Å². The molecule has 0 bridgehead atoms. The lowest BCUT2D eigenvalue weighted by Gasteiger charge is -2.16. The zero-order chi connectivity index (χ0) is 17.4. The third kappa shape index (κ3) is 3.25. The van der Waals surface area contributed by atoms with Crippen LogP contribution in [0.1, 0.15) is 40.7 Å². The molecular formula is C20H21FN2OS. The van der Waals surface area contributed by atoms with Gasteiger partial charge in [0, 0.05) is 5.69 Å². The van der Waals surface area contributed by atoms with Crippen LogP contribution in [-0.4, -0.2) is 6.03 Å². The summed E-state index contributed by atoms with van der Waals surface area (Å²) in [6, 6.07) is 6.92. The minimum Gasteiger partial charge on any atom is -0.307 e. The number of hydrogen-bond donors (Lipinski definition) is 2. The summed E-state index contributed by atoms with van der Waals surface area (Å²) in [4.78, 5) is 12.8. The molecule has 0 aromatic heterocycles. The van der Waals surface area contributed by atoms with Crippen LogP contribution in [0.2, 0.25) is 0 Å². The quantitative estimate of drug-likeness (QED) is 0.765. The predicted octanol–water partition coefficient (Wildman–Crippen LogP) is 4.94. The minimum atomic E-state index is -0.322. The van der Waals surface area contributed by atoms with Crippen molar-refractivity contribution in [3.8, 4) is 0 Å². The predicted molar refractivity (Wildman–Crippen MR) is 99.6 cm³/mol. The van der Waals surface area contributed by atoms with E-state index < -0.39 is 0 Å². The molecule has 5 heteroatoms. The fourth-order valence-electron chi connectivity index (χ4n) is 3.90. The summed E-state index contributed by atoms with van der Waals surface area (Å²) in [7, 11) is 0. The zero-order valence-electron chi connectivity index (χ0n) is 14.2. The van der Waals surface area contributed by atoms with Crippen LogP contribution in [0, 0.1) is 12.7 Å². The molecule has 25 heavy (non-hydrogen) atoms. The fraction of sp³-hybridized carbons (Fsp3) is 0.350. The van der Waals surface area contributed by atoms with Gasteiger partial charge in [-0.1, -0.05) is 12.1 Å². The summed E-state index contributed by atoms with van der Waals surface area (Å²) in [5, 5.41) is 3.05. The van der Waals surface area contributed by atoms with E-state index in [0.29, 0.717) is 4.90 Å². The largest absolute Gasteiger partial charge is 0.329 e. The molecule has 0 spiro atoms. The van der Waals surface area contributed by atoms with Crippen molar-refractivity contribution >= 4 is 23.7 Å². The molecule has 4 rings (SSSR count). The van der Waals surface area contributed by atoms with Gasteiger partial charge in [-0.3, -0.25) is 4.72 Å². The maximum atomic E-state index is 13.8. The number of amides is 2. The van der Waals surface area contributed by atoms with E-state index in [0.717, 1.165) is 61.7 Å². The molecule has 0 unspecified atom stereocenters. The van der Waals surface area contributed by atoms with Crippen molar-refractivity contribution in [3.63, 3.8) is 0 Å². The van der Waals surface area contributed by atoms with Crippen LogP contribution in [0.15, 0.2) is 29.2 Å². The first-order valence-electron chi connectivity index (χ1n) is 8.78. The average molecular weight is 356 g/mol. The van der Waals surface area contributed by atoms with Crippen LogP contribution in [0.5, 0.6) is 0 Å². The number of nitrogens with one attached hydrogen (secondary N) is 2. The highest BCUT2D eigenvalue weighted by Gasteiger charge is 2.25. The Balaban J connectivity index is 1.51. The van der Waals surface area contributed by atoms with Crippen LogP contribution in [-0.2, 0) is 25.7 Å². The van der Waals surface area contributed by atoms with Gasteiger partial charge in [-0.15, -0.1) is 0 Å². The Bertz CT molecular complexity index is 818. The lowest BCUT2D eigenvalue weighted by molar-refractivity contribution is 0.257. The van der Waals surface area contributed by atoms with Gasteiger partial charge in [0.2, 0.25) is 0 Å². The number of hydrogen-bond acceptors (Lipinski definition) is 2. The van der Waals surface area contributed by atoms with E-state index in [9.17, 15) is 9.18 Å². The third-order valence-electron chi connectivity index (χ3n) is 5.05. The number of halogens is 1. The zero-order valence-corrected chi connectivity index (χ0v) is 15.1. The number of carbonyl (C=O) groups excluding carboxylic acids is 1. The van der Waals surface area contributed by atoms with Crippen LogP contribution in [0.3, 0.4) is 0 Å². The summed E-state index contributed by atoms with van der Waals surface area (Å²) in [6.07, 6.45) is 6.55. The summed E-state index contributed by atoms with van der Waals surface area (Å²) in [5.41, 5.74) is 7.32. The first-order chi connectivity index (χ1) is 12.1. The van der Waals surface area contributed by atoms with E-state index in [4.69, 9.17) is 0 Å². The van der Waals surface area contributed by atoms with Crippen LogP contribution >= 0.6 is 11.9 Å². The number of rotatable bonds is 3. The maximum Gasteiger partial charge on any atom is 0.329 e. The van der Waals surface area contributed by atoms with Crippen molar-refractivity contribution in [2.24, 2.45) is 0 Å². The van der Waals surface area contributed by atoms with Crippen molar-refractivity contribution in [3.05, 3.63) is 57.9 Å². The molecule has 3 nitrogen and oxygen atoms in total. The molecule has 130 valence electrons. The van der Waals surface area contributed by atoms with E-state index in [1.54, 1.807) is 12.1 Å². The Morgan fingerprint density at radius 3 is 2.40 bits per heavy atom. The molecule has 2 aromatic rings. The van der Waals surface area contributed by atoms with Gasteiger partial charge in [0.25, 0.3) is 0 Å². The average Bonchev–Trinajstić information content (AvgIpc) is 3.24. The van der Waals surface area contributed by atoms with E-state index >= 15 is 0 Å². The number of carbonyl (C=O) groups is 1. The number of benzene rings is 2. The van der Waals surface area contributed by atoms with Crippen molar-refractivity contribution < 1.29 is 9.18 Å². The number of aryl methyl sites for hydroxylation is 3. The number of fused-ring (bicyclic) bond motifs is 2. The Morgan fingerprint density at radius 1 is 1.04 bits per heavy atom. The molecule has 2 aromatic carbocycles. The van der Waals surface area contributed by atoms with Gasteiger partial charge >= 0.3 is 6.03 Å². The smallest absolute Gasteiger partial charge is 0.307 e. The summed E-state index contributed by atoms with van der Waals surface area (Å²) >= 11 is 1.02. The molecule has 0 saturated heterocycles. The number of anilines is 1. The first-order valence-corrected chi connectivity index (χ1v) is 9.60. The second-order valence-electron chi connectivity index (χ2n) is 6.83. The topological polar surface area (TPSA) is 41.1 Å². The first kappa shape index (κ1) is 16.5. The molecule has 0 saturated carbocycles. The molecule has 0 radical (unpaired) electrons. The minimum absolute atomic E-state index is 0.291. The van der Waals surface area contributed by atoms with Crippen molar-refractivity contribution in [2.45, 2.75) is 50.3 Å². The van der Waals surface area contributed by atoms with E-state index in [1.165, 1.54) is 28.3 Å². The molecule has 0 fully saturated rings. The van der Waals surface area contributed by atoms with E-state index in [2.05, 4.69) is 16.1 Å². The standard InChI is InChI=1S/C20H21FN2OS/c1-12-8-9-17(21)18(10-12)25-23-20(24)22-19-15-6-2-4-13(15)11-14-5-3-7-16(14)19/h8-11H,2-7H2,1H3,(H2,22,23,24). The molecule has 2 amide bonds. The third-order valence-corrected chi connectivity index (χ3v) is 5.87. The normalized spacial score (nSPS) is 15.0. The van der Waals surface area contributed by atoms with Crippen molar-refractivity contribution in [1.82, 2.24) is 4.72 Å². The Hall–Kier alpha value is -2.01. The van der Waals surface area contributed by atoms with Gasteiger partial charge in [0.15, 0.2) is 0 Å². The summed E-state index contributed by atoms with van der Waals surface area (Å²) in [6.45, 7) is 1.90. The van der Waals surface area contributed by atoms with Gasteiger partial charge in [-0.05, 0) is 97.3 Å². The second kappa shape index (κ2) is 6.71. The Kier molecular flexibility index (Phi) is 4.42. The highest BCUT2D eigenvalue weighted by Crippen LogP contribution is 2.38. The molecular weight excluding hydrogens is 335 g/mol. The SMILES string of the molecule is Cc1ccc(F)c(SNC(=O)Nc2c3c(cc4c2CCC4)CCC3)c1. The summed E-state index contributed by atoms with van der Waals surface area (Å²) in [5.74, 6) is -0.322. The monoisotopic (exact) mass is 356 g/mol. The molecule has 2 N–H and O–H groups in total. The van der Waals surface area contributed by atoms with Gasteiger partial charge in [0.1, 0.15) is 5.82 Å². The van der Waals surface area contributed by atoms with Crippen LogP contribution in [0.25, 0.3) is 0 Å². The Labute approximate surface area is 151 Å². The lowest BCUT2D eigenvalue weighted by atomic mass is 9.99.